The lowest BCUT2D eigenvalue weighted by Gasteiger charge is -2.31. The summed E-state index contributed by atoms with van der Waals surface area (Å²) in [6.45, 7) is 4.21. The number of quaternary nitrogens is 1. The minimum atomic E-state index is -0.217. The van der Waals surface area contributed by atoms with Crippen LogP contribution in [-0.2, 0) is 16.0 Å². The second kappa shape index (κ2) is 8.68. The first-order valence-electron chi connectivity index (χ1n) is 8.55. The molecule has 132 valence electrons. The van der Waals surface area contributed by atoms with Gasteiger partial charge in [0.1, 0.15) is 5.75 Å². The van der Waals surface area contributed by atoms with Gasteiger partial charge in [0.15, 0.2) is 6.04 Å². The lowest BCUT2D eigenvalue weighted by molar-refractivity contribution is -0.919. The number of rotatable bonds is 7. The van der Waals surface area contributed by atoms with Gasteiger partial charge in [-0.15, -0.1) is 0 Å². The van der Waals surface area contributed by atoms with Crippen LogP contribution in [0.15, 0.2) is 24.3 Å². The highest BCUT2D eigenvalue weighted by Crippen LogP contribution is 2.11. The molecule has 1 aromatic rings. The Kier molecular flexibility index (Phi) is 6.61. The number of ether oxygens (including phenoxy) is 1. The Morgan fingerprint density at radius 3 is 2.46 bits per heavy atom. The molecule has 2 rings (SSSR count). The molecule has 1 aromatic carbocycles. The fourth-order valence-electron chi connectivity index (χ4n) is 3.17. The number of hydrogen-bond donors (Lipinski definition) is 3. The summed E-state index contributed by atoms with van der Waals surface area (Å²) in [5.74, 6) is 0.653. The Hall–Kier alpha value is -2.08. The van der Waals surface area contributed by atoms with E-state index in [1.807, 2.05) is 31.2 Å². The Morgan fingerprint density at radius 2 is 1.92 bits per heavy atom. The molecule has 0 aliphatic carbocycles. The molecule has 2 amide bonds. The summed E-state index contributed by atoms with van der Waals surface area (Å²) in [5, 5.41) is 3.01. The molecule has 24 heavy (non-hydrogen) atoms. The van der Waals surface area contributed by atoms with Crippen LogP contribution < -0.4 is 20.7 Å². The van der Waals surface area contributed by atoms with Gasteiger partial charge in [-0.2, -0.15) is 0 Å². The third-order valence-corrected chi connectivity index (χ3v) is 4.91. The molecule has 1 aliphatic heterocycles. The van der Waals surface area contributed by atoms with Crippen molar-refractivity contribution in [3.8, 4) is 5.75 Å². The molecule has 0 saturated carbocycles. The first-order valence-corrected chi connectivity index (χ1v) is 8.55. The van der Waals surface area contributed by atoms with E-state index in [0.29, 0.717) is 6.54 Å². The van der Waals surface area contributed by atoms with Crippen LogP contribution in [-0.4, -0.2) is 44.6 Å². The fraction of sp³-hybridized carbons (Fsp3) is 0.556. The van der Waals surface area contributed by atoms with E-state index in [1.54, 1.807) is 7.11 Å². The van der Waals surface area contributed by atoms with Crippen molar-refractivity contribution in [3.05, 3.63) is 29.8 Å². The lowest BCUT2D eigenvalue weighted by atomic mass is 9.95. The number of nitrogens with one attached hydrogen (secondary N) is 2. The largest absolute Gasteiger partial charge is 0.497 e. The fourth-order valence-corrected chi connectivity index (χ4v) is 3.17. The number of piperidine rings is 1. The minimum absolute atomic E-state index is 0.0286. The number of methoxy groups -OCH3 is 1. The van der Waals surface area contributed by atoms with Crippen molar-refractivity contribution in [3.63, 3.8) is 0 Å². The highest BCUT2D eigenvalue weighted by atomic mass is 16.5. The van der Waals surface area contributed by atoms with E-state index in [9.17, 15) is 9.59 Å². The number of nitrogens with two attached hydrogens (primary N) is 1. The van der Waals surface area contributed by atoms with Crippen LogP contribution >= 0.6 is 0 Å². The maximum atomic E-state index is 12.3. The molecule has 0 bridgehead atoms. The highest BCUT2D eigenvalue weighted by Gasteiger charge is 2.31. The van der Waals surface area contributed by atoms with Gasteiger partial charge in [0.05, 0.1) is 20.2 Å². The van der Waals surface area contributed by atoms with E-state index < -0.39 is 0 Å². The summed E-state index contributed by atoms with van der Waals surface area (Å²) in [7, 11) is 1.64. The monoisotopic (exact) mass is 334 g/mol. The third kappa shape index (κ3) is 4.96. The quantitative estimate of drug-likeness (QED) is 0.630. The van der Waals surface area contributed by atoms with Crippen molar-refractivity contribution < 1.29 is 19.2 Å². The van der Waals surface area contributed by atoms with Gasteiger partial charge in [-0.25, -0.2) is 0 Å². The van der Waals surface area contributed by atoms with Crippen LogP contribution in [0.2, 0.25) is 0 Å². The third-order valence-electron chi connectivity index (χ3n) is 4.91. The maximum Gasteiger partial charge on any atom is 0.278 e. The van der Waals surface area contributed by atoms with Gasteiger partial charge in [-0.05, 0) is 31.0 Å². The Bertz CT molecular complexity index is 551. The molecule has 1 heterocycles. The van der Waals surface area contributed by atoms with Crippen LogP contribution in [0.5, 0.6) is 5.75 Å². The van der Waals surface area contributed by atoms with E-state index in [1.165, 1.54) is 10.5 Å². The first-order chi connectivity index (χ1) is 11.5. The molecule has 0 unspecified atom stereocenters. The van der Waals surface area contributed by atoms with E-state index in [-0.39, 0.29) is 23.8 Å². The Labute approximate surface area is 143 Å². The molecule has 1 atom stereocenters. The topological polar surface area (TPSA) is 85.9 Å². The number of likely N-dealkylation sites (tertiary alicyclic amines) is 1. The van der Waals surface area contributed by atoms with Gasteiger partial charge >= 0.3 is 0 Å². The predicted octanol–water partition coefficient (Wildman–Crippen LogP) is -0.477. The summed E-state index contributed by atoms with van der Waals surface area (Å²) < 4.78 is 5.13. The van der Waals surface area contributed by atoms with Gasteiger partial charge in [-0.1, -0.05) is 12.1 Å². The molecular weight excluding hydrogens is 306 g/mol. The number of primary amides is 1. The van der Waals surface area contributed by atoms with E-state index >= 15 is 0 Å². The molecule has 4 N–H and O–H groups in total. The molecule has 1 aliphatic rings. The van der Waals surface area contributed by atoms with Crippen molar-refractivity contribution in [1.82, 2.24) is 5.32 Å². The first kappa shape index (κ1) is 18.3. The Morgan fingerprint density at radius 1 is 1.29 bits per heavy atom. The van der Waals surface area contributed by atoms with E-state index in [2.05, 4.69) is 5.32 Å². The Balaban J connectivity index is 1.72. The number of carbonyl (C=O) groups excluding carboxylic acids is 2. The van der Waals surface area contributed by atoms with E-state index in [4.69, 9.17) is 10.5 Å². The van der Waals surface area contributed by atoms with Crippen molar-refractivity contribution in [2.45, 2.75) is 32.2 Å². The second-order valence-corrected chi connectivity index (χ2v) is 6.45. The van der Waals surface area contributed by atoms with Crippen LogP contribution in [0.3, 0.4) is 0 Å². The summed E-state index contributed by atoms with van der Waals surface area (Å²) in [4.78, 5) is 24.7. The molecule has 6 nitrogen and oxygen atoms in total. The molecule has 1 saturated heterocycles. The van der Waals surface area contributed by atoms with Crippen molar-refractivity contribution in [2.75, 3.05) is 26.7 Å². The number of amides is 2. The van der Waals surface area contributed by atoms with Gasteiger partial charge in [0, 0.05) is 25.3 Å². The van der Waals surface area contributed by atoms with Crippen molar-refractivity contribution >= 4 is 11.8 Å². The molecular formula is C18H28N3O3+. The zero-order valence-corrected chi connectivity index (χ0v) is 14.5. The average molecular weight is 334 g/mol. The van der Waals surface area contributed by atoms with Crippen LogP contribution in [0.25, 0.3) is 0 Å². The minimum Gasteiger partial charge on any atom is -0.497 e. The zero-order valence-electron chi connectivity index (χ0n) is 14.5. The summed E-state index contributed by atoms with van der Waals surface area (Å²) in [5.41, 5.74) is 6.52. The van der Waals surface area contributed by atoms with Crippen molar-refractivity contribution in [1.29, 1.82) is 0 Å². The van der Waals surface area contributed by atoms with E-state index in [0.717, 1.165) is 38.1 Å². The molecule has 0 radical (unpaired) electrons. The predicted molar refractivity (Wildman–Crippen MR) is 91.8 cm³/mol. The SMILES string of the molecule is COc1ccc(CCNC(=O)[C@H](C)[NH+]2CCC(C(N)=O)CC2)cc1. The zero-order chi connectivity index (χ0) is 17.5. The van der Waals surface area contributed by atoms with Gasteiger partial charge < -0.3 is 20.7 Å². The number of hydrogen-bond acceptors (Lipinski definition) is 3. The van der Waals surface area contributed by atoms with Crippen LogP contribution in [0.1, 0.15) is 25.3 Å². The summed E-state index contributed by atoms with van der Waals surface area (Å²) in [6, 6.07) is 7.76. The average Bonchev–Trinajstić information content (AvgIpc) is 2.61. The highest BCUT2D eigenvalue weighted by molar-refractivity contribution is 5.80. The number of benzene rings is 1. The molecule has 0 spiro atoms. The summed E-state index contributed by atoms with van der Waals surface area (Å²) in [6.07, 6.45) is 2.34. The second-order valence-electron chi connectivity index (χ2n) is 6.45. The van der Waals surface area contributed by atoms with Gasteiger partial charge in [0.2, 0.25) is 5.91 Å². The molecule has 0 aromatic heterocycles. The van der Waals surface area contributed by atoms with Gasteiger partial charge in [0.25, 0.3) is 5.91 Å². The maximum absolute atomic E-state index is 12.3. The molecule has 1 fully saturated rings. The van der Waals surface area contributed by atoms with Crippen LogP contribution in [0.4, 0.5) is 0 Å². The number of carbonyl (C=O) groups is 2. The summed E-state index contributed by atoms with van der Waals surface area (Å²) >= 11 is 0. The smallest absolute Gasteiger partial charge is 0.278 e. The lowest BCUT2D eigenvalue weighted by Crippen LogP contribution is -3.17. The van der Waals surface area contributed by atoms with Gasteiger partial charge in [-0.3, -0.25) is 9.59 Å². The standard InChI is InChI=1S/C18H27N3O3/c1-13(21-11-8-15(9-12-21)17(19)22)18(23)20-10-7-14-3-5-16(24-2)6-4-14/h3-6,13,15H,7-12H2,1-2H3,(H2,19,22)(H,20,23)/p+1/t13-/m0/s1. The van der Waals surface area contributed by atoms with Crippen LogP contribution in [0, 0.1) is 5.92 Å². The molecule has 6 heteroatoms. The normalized spacial score (nSPS) is 21.8. The van der Waals surface area contributed by atoms with Crippen molar-refractivity contribution in [2.24, 2.45) is 11.7 Å².